The number of rotatable bonds is 4. The molecule has 0 saturated heterocycles. The van der Waals surface area contributed by atoms with Crippen molar-refractivity contribution in [2.24, 2.45) is 0 Å². The number of oxazole rings is 1. The highest BCUT2D eigenvalue weighted by molar-refractivity contribution is 5.76. The van der Waals surface area contributed by atoms with Crippen LogP contribution in [0.4, 0.5) is 4.79 Å². The molecule has 5 heteroatoms. The molecule has 1 aromatic carbocycles. The van der Waals surface area contributed by atoms with E-state index in [0.29, 0.717) is 12.4 Å². The van der Waals surface area contributed by atoms with Gasteiger partial charge in [0.1, 0.15) is 11.1 Å². The minimum Gasteiger partial charge on any atom is -0.444 e. The van der Waals surface area contributed by atoms with Gasteiger partial charge in [-0.15, -0.1) is 0 Å². The van der Waals surface area contributed by atoms with E-state index in [1.807, 2.05) is 58.0 Å². The Bertz CT molecular complexity index is 681. The second-order valence-electron chi connectivity index (χ2n) is 6.08. The Morgan fingerprint density at radius 3 is 2.91 bits per heavy atom. The summed E-state index contributed by atoms with van der Waals surface area (Å²) < 4.78 is 10.6. The molecule has 0 aliphatic carbocycles. The van der Waals surface area contributed by atoms with Gasteiger partial charge in [0.15, 0.2) is 11.5 Å². The zero-order valence-electron chi connectivity index (χ0n) is 13.5. The van der Waals surface area contributed by atoms with Crippen LogP contribution in [0.3, 0.4) is 0 Å². The van der Waals surface area contributed by atoms with Gasteiger partial charge >= 0.3 is 6.09 Å². The van der Waals surface area contributed by atoms with E-state index in [1.165, 1.54) is 0 Å². The Morgan fingerprint density at radius 2 is 2.18 bits per heavy atom. The predicted octanol–water partition coefficient (Wildman–Crippen LogP) is 4.06. The Hall–Kier alpha value is -2.30. The summed E-state index contributed by atoms with van der Waals surface area (Å²) in [6.45, 7) is 7.89. The van der Waals surface area contributed by atoms with Crippen molar-refractivity contribution in [2.75, 3.05) is 6.54 Å². The minimum atomic E-state index is -0.467. The molecule has 22 heavy (non-hydrogen) atoms. The molecule has 0 saturated carbocycles. The number of carbonyl (C=O) groups is 1. The van der Waals surface area contributed by atoms with Crippen LogP contribution in [0.15, 0.2) is 28.7 Å². The molecule has 0 bridgehead atoms. The lowest BCUT2D eigenvalue weighted by Crippen LogP contribution is -2.32. The van der Waals surface area contributed by atoms with Gasteiger partial charge in [-0.25, -0.2) is 9.78 Å². The lowest BCUT2D eigenvalue weighted by Gasteiger charge is -2.19. The number of aromatic nitrogens is 1. The normalized spacial score (nSPS) is 12.0. The summed E-state index contributed by atoms with van der Waals surface area (Å²) in [6, 6.07) is 5.86. The highest BCUT2D eigenvalue weighted by Gasteiger charge is 2.15. The van der Waals surface area contributed by atoms with Crippen LogP contribution >= 0.6 is 0 Å². The molecule has 0 atom stereocenters. The van der Waals surface area contributed by atoms with Crippen LogP contribution in [0.25, 0.3) is 17.2 Å². The van der Waals surface area contributed by atoms with E-state index >= 15 is 0 Å². The van der Waals surface area contributed by atoms with Crippen LogP contribution in [-0.4, -0.2) is 23.2 Å². The van der Waals surface area contributed by atoms with Crippen molar-refractivity contribution >= 4 is 23.3 Å². The molecular formula is C17H22N2O3. The molecule has 1 amide bonds. The number of carbonyl (C=O) groups excluding carboxylic acids is 1. The van der Waals surface area contributed by atoms with Crippen molar-refractivity contribution in [3.05, 3.63) is 35.7 Å². The van der Waals surface area contributed by atoms with Gasteiger partial charge in [0.2, 0.25) is 0 Å². The maximum Gasteiger partial charge on any atom is 0.407 e. The molecule has 118 valence electrons. The topological polar surface area (TPSA) is 64.4 Å². The Kier molecular flexibility index (Phi) is 4.85. The SMILES string of the molecule is Cc1nc2cc(C=CCCNC(=O)OC(C)(C)C)ccc2o1. The Morgan fingerprint density at radius 1 is 1.41 bits per heavy atom. The molecule has 2 rings (SSSR count). The van der Waals surface area contributed by atoms with Crippen molar-refractivity contribution < 1.29 is 13.9 Å². The van der Waals surface area contributed by atoms with Gasteiger partial charge in [-0.3, -0.25) is 0 Å². The van der Waals surface area contributed by atoms with Crippen LogP contribution in [0.2, 0.25) is 0 Å². The molecule has 1 heterocycles. The number of benzene rings is 1. The largest absolute Gasteiger partial charge is 0.444 e. The van der Waals surface area contributed by atoms with E-state index < -0.39 is 5.60 Å². The van der Waals surface area contributed by atoms with E-state index in [9.17, 15) is 4.79 Å². The summed E-state index contributed by atoms with van der Waals surface area (Å²) in [7, 11) is 0. The molecule has 0 unspecified atom stereocenters. The van der Waals surface area contributed by atoms with Gasteiger partial charge in [-0.2, -0.15) is 0 Å². The molecule has 2 aromatic rings. The lowest BCUT2D eigenvalue weighted by atomic mass is 10.2. The molecule has 1 N–H and O–H groups in total. The number of amides is 1. The second kappa shape index (κ2) is 6.64. The number of nitrogens with one attached hydrogen (secondary N) is 1. The van der Waals surface area contributed by atoms with Crippen molar-refractivity contribution in [3.63, 3.8) is 0 Å². The van der Waals surface area contributed by atoms with E-state index in [0.717, 1.165) is 23.1 Å². The van der Waals surface area contributed by atoms with Gasteiger partial charge < -0.3 is 14.5 Å². The first-order valence-corrected chi connectivity index (χ1v) is 7.34. The monoisotopic (exact) mass is 302 g/mol. The van der Waals surface area contributed by atoms with Crippen molar-refractivity contribution in [1.29, 1.82) is 0 Å². The third-order valence-electron chi connectivity index (χ3n) is 2.81. The zero-order valence-corrected chi connectivity index (χ0v) is 13.5. The molecule has 0 aliphatic rings. The van der Waals surface area contributed by atoms with E-state index in [1.54, 1.807) is 0 Å². The lowest BCUT2D eigenvalue weighted by molar-refractivity contribution is 0.0529. The maximum atomic E-state index is 11.5. The summed E-state index contributed by atoms with van der Waals surface area (Å²) in [5.74, 6) is 0.665. The van der Waals surface area contributed by atoms with Crippen molar-refractivity contribution in [2.45, 2.75) is 39.7 Å². The van der Waals surface area contributed by atoms with Crippen LogP contribution in [-0.2, 0) is 4.74 Å². The molecule has 5 nitrogen and oxygen atoms in total. The summed E-state index contributed by atoms with van der Waals surface area (Å²) in [5, 5.41) is 2.72. The number of aryl methyl sites for hydroxylation is 1. The first-order valence-electron chi connectivity index (χ1n) is 7.34. The fourth-order valence-electron chi connectivity index (χ4n) is 1.95. The van der Waals surface area contributed by atoms with Crippen LogP contribution < -0.4 is 5.32 Å². The van der Waals surface area contributed by atoms with Crippen LogP contribution in [0.1, 0.15) is 38.6 Å². The highest BCUT2D eigenvalue weighted by atomic mass is 16.6. The third kappa shape index (κ3) is 4.91. The maximum absolute atomic E-state index is 11.5. The molecular weight excluding hydrogens is 280 g/mol. The fraction of sp³-hybridized carbons (Fsp3) is 0.412. The summed E-state index contributed by atoms with van der Waals surface area (Å²) in [4.78, 5) is 15.8. The molecule has 0 radical (unpaired) electrons. The Balaban J connectivity index is 1.80. The number of hydrogen-bond donors (Lipinski definition) is 1. The predicted molar refractivity (Wildman–Crippen MR) is 86.6 cm³/mol. The summed E-state index contributed by atoms with van der Waals surface area (Å²) >= 11 is 0. The number of ether oxygens (including phenoxy) is 1. The molecule has 0 aliphatic heterocycles. The average Bonchev–Trinajstić information content (AvgIpc) is 2.75. The highest BCUT2D eigenvalue weighted by Crippen LogP contribution is 2.17. The van der Waals surface area contributed by atoms with Gasteiger partial charge in [0.05, 0.1) is 0 Å². The van der Waals surface area contributed by atoms with Gasteiger partial charge in [-0.1, -0.05) is 18.2 Å². The van der Waals surface area contributed by atoms with Gasteiger partial charge in [0.25, 0.3) is 0 Å². The second-order valence-corrected chi connectivity index (χ2v) is 6.08. The first kappa shape index (κ1) is 16.1. The molecule has 1 aromatic heterocycles. The number of fused-ring (bicyclic) bond motifs is 1. The summed E-state index contributed by atoms with van der Waals surface area (Å²) in [6.07, 6.45) is 4.35. The van der Waals surface area contributed by atoms with Crippen LogP contribution in [0.5, 0.6) is 0 Å². The van der Waals surface area contributed by atoms with Crippen molar-refractivity contribution in [1.82, 2.24) is 10.3 Å². The smallest absolute Gasteiger partial charge is 0.407 e. The van der Waals surface area contributed by atoms with Gasteiger partial charge in [-0.05, 0) is 44.9 Å². The molecule has 0 spiro atoms. The van der Waals surface area contributed by atoms with E-state index in [4.69, 9.17) is 9.15 Å². The third-order valence-corrected chi connectivity index (χ3v) is 2.81. The summed E-state index contributed by atoms with van der Waals surface area (Å²) in [5.41, 5.74) is 2.23. The van der Waals surface area contributed by atoms with Gasteiger partial charge in [0, 0.05) is 13.5 Å². The zero-order chi connectivity index (χ0) is 16.2. The quantitative estimate of drug-likeness (QED) is 0.865. The standard InChI is InChI=1S/C17H22N2O3/c1-12-19-14-11-13(8-9-15(14)21-12)7-5-6-10-18-16(20)22-17(2,3)4/h5,7-9,11H,6,10H2,1-4H3,(H,18,20). The minimum absolute atomic E-state index is 0.389. The average molecular weight is 302 g/mol. The number of nitrogens with zero attached hydrogens (tertiary/aromatic N) is 1. The number of alkyl carbamates (subject to hydrolysis) is 1. The first-order chi connectivity index (χ1) is 10.3. The Labute approximate surface area is 130 Å². The van der Waals surface area contributed by atoms with E-state index in [2.05, 4.69) is 10.3 Å². The fourth-order valence-corrected chi connectivity index (χ4v) is 1.95. The number of hydrogen-bond acceptors (Lipinski definition) is 4. The van der Waals surface area contributed by atoms with E-state index in [-0.39, 0.29) is 6.09 Å². The van der Waals surface area contributed by atoms with Crippen LogP contribution in [0, 0.1) is 6.92 Å². The van der Waals surface area contributed by atoms with Crippen molar-refractivity contribution in [3.8, 4) is 0 Å². The molecule has 0 fully saturated rings.